The predicted molar refractivity (Wildman–Crippen MR) is 117 cm³/mol. The highest BCUT2D eigenvalue weighted by molar-refractivity contribution is 7.17. The highest BCUT2D eigenvalue weighted by atomic mass is 35.5. The summed E-state index contributed by atoms with van der Waals surface area (Å²) in [6.07, 6.45) is -2.67. The second-order valence-electron chi connectivity index (χ2n) is 6.76. The lowest BCUT2D eigenvalue weighted by molar-refractivity contribution is -0.141. The Labute approximate surface area is 193 Å². The molecule has 0 bridgehead atoms. The zero-order chi connectivity index (χ0) is 23.6. The summed E-state index contributed by atoms with van der Waals surface area (Å²) in [5.41, 5.74) is -0.804. The van der Waals surface area contributed by atoms with Crippen molar-refractivity contribution < 1.29 is 27.8 Å². The van der Waals surface area contributed by atoms with Gasteiger partial charge in [0.15, 0.2) is 0 Å². The molecule has 0 atom stereocenters. The van der Waals surface area contributed by atoms with Crippen molar-refractivity contribution in [3.05, 3.63) is 69.9 Å². The zero-order valence-corrected chi connectivity index (χ0v) is 18.1. The van der Waals surface area contributed by atoms with E-state index >= 15 is 0 Å². The summed E-state index contributed by atoms with van der Waals surface area (Å²) in [7, 11) is 0. The van der Waals surface area contributed by atoms with Gasteiger partial charge in [-0.3, -0.25) is 0 Å². The van der Waals surface area contributed by atoms with Gasteiger partial charge in [0, 0.05) is 11.9 Å². The quantitative estimate of drug-likeness (QED) is 0.330. The predicted octanol–water partition coefficient (Wildman–Crippen LogP) is 5.90. The van der Waals surface area contributed by atoms with Crippen LogP contribution in [0.2, 0.25) is 5.02 Å². The SMILES string of the molecule is O=C(O)c1ccc(C(F)(F)F)nc1Oc1ccc(CCNc2ncnc3scc(Cl)c23)cc1. The fourth-order valence-electron chi connectivity index (χ4n) is 2.97. The van der Waals surface area contributed by atoms with Crippen LogP contribution in [0.3, 0.4) is 0 Å². The summed E-state index contributed by atoms with van der Waals surface area (Å²) < 4.78 is 44.2. The second kappa shape index (κ2) is 9.20. The summed E-state index contributed by atoms with van der Waals surface area (Å²) in [5.74, 6) is -1.29. The molecule has 0 unspecified atom stereocenters. The number of aromatic carboxylic acids is 1. The maximum Gasteiger partial charge on any atom is 0.433 e. The molecular formula is C21H14ClF3N4O3S. The Kier molecular flexibility index (Phi) is 6.34. The van der Waals surface area contributed by atoms with E-state index in [9.17, 15) is 23.1 Å². The van der Waals surface area contributed by atoms with Crippen molar-refractivity contribution in [1.82, 2.24) is 15.0 Å². The minimum absolute atomic E-state index is 0.156. The zero-order valence-electron chi connectivity index (χ0n) is 16.6. The van der Waals surface area contributed by atoms with E-state index in [4.69, 9.17) is 16.3 Å². The smallest absolute Gasteiger partial charge is 0.433 e. The first kappa shape index (κ1) is 22.7. The van der Waals surface area contributed by atoms with E-state index in [0.29, 0.717) is 29.9 Å². The number of hydrogen-bond donors (Lipinski definition) is 2. The number of carboxylic acids is 1. The van der Waals surface area contributed by atoms with Gasteiger partial charge in [-0.25, -0.2) is 19.7 Å². The van der Waals surface area contributed by atoms with Crippen molar-refractivity contribution >= 4 is 44.9 Å². The van der Waals surface area contributed by atoms with E-state index < -0.39 is 29.3 Å². The average molecular weight is 495 g/mol. The van der Waals surface area contributed by atoms with Gasteiger partial charge < -0.3 is 15.2 Å². The number of nitrogens with one attached hydrogen (secondary N) is 1. The lowest BCUT2D eigenvalue weighted by Crippen LogP contribution is -2.11. The molecular weight excluding hydrogens is 481 g/mol. The van der Waals surface area contributed by atoms with Crippen LogP contribution < -0.4 is 10.1 Å². The number of aromatic nitrogens is 3. The van der Waals surface area contributed by atoms with Crippen LogP contribution in [0, 0.1) is 0 Å². The first-order chi connectivity index (χ1) is 15.7. The van der Waals surface area contributed by atoms with Crippen molar-refractivity contribution in [1.29, 1.82) is 0 Å². The van der Waals surface area contributed by atoms with Crippen LogP contribution in [0.1, 0.15) is 21.6 Å². The number of carboxylic acid groups (broad SMARTS) is 1. The number of carbonyl (C=O) groups is 1. The summed E-state index contributed by atoms with van der Waals surface area (Å²) in [6.45, 7) is 0.539. The van der Waals surface area contributed by atoms with E-state index in [1.165, 1.54) is 29.8 Å². The lowest BCUT2D eigenvalue weighted by atomic mass is 10.1. The second-order valence-corrected chi connectivity index (χ2v) is 8.03. The number of rotatable bonds is 7. The van der Waals surface area contributed by atoms with Crippen molar-refractivity contribution in [2.24, 2.45) is 0 Å². The maximum atomic E-state index is 12.9. The van der Waals surface area contributed by atoms with Crippen molar-refractivity contribution in [2.75, 3.05) is 11.9 Å². The molecule has 0 amide bonds. The van der Waals surface area contributed by atoms with E-state index in [1.54, 1.807) is 17.5 Å². The number of pyridine rings is 1. The van der Waals surface area contributed by atoms with Crippen LogP contribution in [0.15, 0.2) is 48.1 Å². The molecule has 12 heteroatoms. The summed E-state index contributed by atoms with van der Waals surface area (Å²) in [4.78, 5) is 23.8. The average Bonchev–Trinajstić information content (AvgIpc) is 3.16. The van der Waals surface area contributed by atoms with E-state index in [2.05, 4.69) is 20.3 Å². The van der Waals surface area contributed by atoms with E-state index in [-0.39, 0.29) is 5.75 Å². The molecule has 0 fully saturated rings. The van der Waals surface area contributed by atoms with E-state index in [1.807, 2.05) is 0 Å². The molecule has 0 saturated carbocycles. The molecule has 4 aromatic rings. The fraction of sp³-hybridized carbons (Fsp3) is 0.143. The van der Waals surface area contributed by atoms with Gasteiger partial charge in [-0.15, -0.1) is 11.3 Å². The van der Waals surface area contributed by atoms with Gasteiger partial charge in [-0.2, -0.15) is 13.2 Å². The van der Waals surface area contributed by atoms with Gasteiger partial charge in [0.2, 0.25) is 5.88 Å². The number of ether oxygens (including phenoxy) is 1. The Balaban J connectivity index is 1.43. The third kappa shape index (κ3) is 5.15. The number of hydrogen-bond acceptors (Lipinski definition) is 7. The fourth-order valence-corrected chi connectivity index (χ4v) is 4.11. The third-order valence-electron chi connectivity index (χ3n) is 4.55. The van der Waals surface area contributed by atoms with Crippen LogP contribution in [0.25, 0.3) is 10.2 Å². The van der Waals surface area contributed by atoms with Crippen LogP contribution in [0.5, 0.6) is 11.6 Å². The van der Waals surface area contributed by atoms with Gasteiger partial charge in [-0.1, -0.05) is 23.7 Å². The Morgan fingerprint density at radius 3 is 2.61 bits per heavy atom. The first-order valence-electron chi connectivity index (χ1n) is 9.42. The van der Waals surface area contributed by atoms with Crippen LogP contribution >= 0.6 is 22.9 Å². The largest absolute Gasteiger partial charge is 0.477 e. The molecule has 33 heavy (non-hydrogen) atoms. The highest BCUT2D eigenvalue weighted by Gasteiger charge is 2.34. The van der Waals surface area contributed by atoms with Gasteiger partial charge >= 0.3 is 12.1 Å². The highest BCUT2D eigenvalue weighted by Crippen LogP contribution is 2.33. The van der Waals surface area contributed by atoms with Crippen molar-refractivity contribution in [3.8, 4) is 11.6 Å². The summed E-state index contributed by atoms with van der Waals surface area (Å²) in [5, 5.41) is 15.6. The van der Waals surface area contributed by atoms with Crippen LogP contribution in [0.4, 0.5) is 19.0 Å². The Bertz CT molecular complexity index is 1310. The standard InChI is InChI=1S/C21H14ClF3N4O3S/c22-14-9-33-19-16(14)17(27-10-28-19)26-8-7-11-1-3-12(4-2-11)32-18-13(20(30)31)5-6-15(29-18)21(23,24)25/h1-6,9-10H,7-8H2,(H,30,31)(H,26,27,28). The Morgan fingerprint density at radius 1 is 1.15 bits per heavy atom. The van der Waals surface area contributed by atoms with Crippen LogP contribution in [-0.4, -0.2) is 32.6 Å². The maximum absolute atomic E-state index is 12.9. The topological polar surface area (TPSA) is 97.2 Å². The molecule has 3 aromatic heterocycles. The molecule has 2 N–H and O–H groups in total. The minimum atomic E-state index is -4.73. The number of anilines is 1. The molecule has 4 rings (SSSR count). The summed E-state index contributed by atoms with van der Waals surface area (Å²) >= 11 is 7.62. The van der Waals surface area contributed by atoms with E-state index in [0.717, 1.165) is 21.8 Å². The molecule has 0 aliphatic carbocycles. The van der Waals surface area contributed by atoms with Crippen LogP contribution in [-0.2, 0) is 12.6 Å². The minimum Gasteiger partial charge on any atom is -0.477 e. The van der Waals surface area contributed by atoms with Gasteiger partial charge in [0.05, 0.1) is 10.4 Å². The number of halogens is 4. The number of alkyl halides is 3. The molecule has 0 radical (unpaired) electrons. The molecule has 0 aliphatic heterocycles. The lowest BCUT2D eigenvalue weighted by Gasteiger charge is -2.12. The number of thiophene rings is 1. The van der Waals surface area contributed by atoms with Gasteiger partial charge in [-0.05, 0) is 36.2 Å². The molecule has 170 valence electrons. The molecule has 0 saturated heterocycles. The summed E-state index contributed by atoms with van der Waals surface area (Å²) in [6, 6.07) is 7.91. The Morgan fingerprint density at radius 2 is 1.91 bits per heavy atom. The van der Waals surface area contributed by atoms with Gasteiger partial charge in [0.25, 0.3) is 0 Å². The first-order valence-corrected chi connectivity index (χ1v) is 10.7. The third-order valence-corrected chi connectivity index (χ3v) is 5.86. The number of nitrogens with zero attached hydrogens (tertiary/aromatic N) is 3. The van der Waals surface area contributed by atoms with Gasteiger partial charge in [0.1, 0.15) is 34.0 Å². The normalized spacial score (nSPS) is 11.5. The molecule has 0 aliphatic rings. The number of fused-ring (bicyclic) bond motifs is 1. The molecule has 0 spiro atoms. The van der Waals surface area contributed by atoms with Crippen molar-refractivity contribution in [3.63, 3.8) is 0 Å². The molecule has 7 nitrogen and oxygen atoms in total. The van der Waals surface area contributed by atoms with Crippen molar-refractivity contribution in [2.45, 2.75) is 12.6 Å². The monoisotopic (exact) mass is 494 g/mol. The molecule has 1 aromatic carbocycles. The molecule has 3 heterocycles. The number of benzene rings is 1. The Hall–Kier alpha value is -3.44.